The van der Waals surface area contributed by atoms with Crippen molar-refractivity contribution in [1.82, 2.24) is 0 Å². The predicted molar refractivity (Wildman–Crippen MR) is 66.6 cm³/mol. The van der Waals surface area contributed by atoms with E-state index in [4.69, 9.17) is 16.3 Å². The first-order chi connectivity index (χ1) is 8.63. The molecule has 0 unspecified atom stereocenters. The van der Waals surface area contributed by atoms with Crippen LogP contribution in [0.2, 0.25) is 0 Å². The molecule has 0 heterocycles. The molecule has 0 aliphatic carbocycles. The van der Waals surface area contributed by atoms with Crippen molar-refractivity contribution < 1.29 is 19.0 Å². The molecule has 0 aliphatic rings. The summed E-state index contributed by atoms with van der Waals surface area (Å²) < 4.78 is 18.5. The molecule has 0 spiro atoms. The molecule has 1 N–H and O–H groups in total. The van der Waals surface area contributed by atoms with Crippen molar-refractivity contribution in [2.75, 3.05) is 6.61 Å². The van der Waals surface area contributed by atoms with Crippen LogP contribution in [-0.4, -0.2) is 17.7 Å². The van der Waals surface area contributed by atoms with E-state index in [1.807, 2.05) is 0 Å². The van der Waals surface area contributed by atoms with E-state index in [0.29, 0.717) is 30.8 Å². The van der Waals surface area contributed by atoms with E-state index >= 15 is 0 Å². The Kier molecular flexibility index (Phi) is 5.46. The molecule has 0 fully saturated rings. The van der Waals surface area contributed by atoms with Crippen molar-refractivity contribution >= 4 is 12.0 Å². The standard InChI is InChI=1S/C14H13FO3/c1-2-3-4-9-18-13-7-6-12(15)10-11(13)5-8-14(16)17/h1,5-8,10H,3-4,9H2,(H,16,17)/b8-5+. The number of ether oxygens (including phenoxy) is 1. The molecule has 1 aromatic rings. The SMILES string of the molecule is C#CCCCOc1ccc(F)cc1/C=C/C(=O)O. The van der Waals surface area contributed by atoms with Gasteiger partial charge in [0, 0.05) is 18.1 Å². The maximum atomic E-state index is 13.1. The van der Waals surface area contributed by atoms with Gasteiger partial charge in [-0.2, -0.15) is 0 Å². The molecule has 94 valence electrons. The average molecular weight is 248 g/mol. The van der Waals surface area contributed by atoms with Crippen LogP contribution in [-0.2, 0) is 4.79 Å². The second kappa shape index (κ2) is 7.13. The maximum Gasteiger partial charge on any atom is 0.328 e. The average Bonchev–Trinajstić information content (AvgIpc) is 2.34. The molecule has 1 rings (SSSR count). The summed E-state index contributed by atoms with van der Waals surface area (Å²) in [4.78, 5) is 10.4. The Morgan fingerprint density at radius 2 is 2.33 bits per heavy atom. The summed E-state index contributed by atoms with van der Waals surface area (Å²) in [5, 5.41) is 8.54. The Morgan fingerprint density at radius 3 is 3.00 bits per heavy atom. The van der Waals surface area contributed by atoms with Crippen LogP contribution in [0.15, 0.2) is 24.3 Å². The molecule has 0 atom stereocenters. The minimum absolute atomic E-state index is 0.387. The minimum atomic E-state index is -1.10. The quantitative estimate of drug-likeness (QED) is 0.478. The van der Waals surface area contributed by atoms with E-state index in [1.54, 1.807) is 0 Å². The van der Waals surface area contributed by atoms with Gasteiger partial charge in [-0.25, -0.2) is 9.18 Å². The Balaban J connectivity index is 2.77. The topological polar surface area (TPSA) is 46.5 Å². The zero-order chi connectivity index (χ0) is 13.4. The predicted octanol–water partition coefficient (Wildman–Crippen LogP) is 2.72. The molecule has 3 nitrogen and oxygen atoms in total. The van der Waals surface area contributed by atoms with Crippen LogP contribution in [0.1, 0.15) is 18.4 Å². The van der Waals surface area contributed by atoms with Crippen LogP contribution in [0.3, 0.4) is 0 Å². The summed E-state index contributed by atoms with van der Waals surface area (Å²) in [6.07, 6.45) is 8.62. The van der Waals surface area contributed by atoms with Crippen molar-refractivity contribution in [2.45, 2.75) is 12.8 Å². The second-order valence-corrected chi connectivity index (χ2v) is 3.51. The zero-order valence-electron chi connectivity index (χ0n) is 9.73. The number of halogens is 1. The first kappa shape index (κ1) is 13.8. The highest BCUT2D eigenvalue weighted by Crippen LogP contribution is 2.21. The van der Waals surface area contributed by atoms with Gasteiger partial charge in [-0.3, -0.25) is 0 Å². The van der Waals surface area contributed by atoms with Gasteiger partial charge in [0.2, 0.25) is 0 Å². The third-order valence-electron chi connectivity index (χ3n) is 2.10. The number of rotatable bonds is 6. The van der Waals surface area contributed by atoms with Gasteiger partial charge in [0.15, 0.2) is 0 Å². The Morgan fingerprint density at radius 1 is 1.56 bits per heavy atom. The first-order valence-corrected chi connectivity index (χ1v) is 5.40. The van der Waals surface area contributed by atoms with Gasteiger partial charge >= 0.3 is 5.97 Å². The van der Waals surface area contributed by atoms with Gasteiger partial charge in [-0.15, -0.1) is 12.3 Å². The van der Waals surface area contributed by atoms with Crippen LogP contribution in [0.4, 0.5) is 4.39 Å². The van der Waals surface area contributed by atoms with Crippen LogP contribution in [0.25, 0.3) is 6.08 Å². The maximum absolute atomic E-state index is 13.1. The monoisotopic (exact) mass is 248 g/mol. The van der Waals surface area contributed by atoms with Crippen molar-refractivity contribution in [1.29, 1.82) is 0 Å². The number of hydrogen-bond acceptors (Lipinski definition) is 2. The Bertz CT molecular complexity index is 486. The fourth-order valence-electron chi connectivity index (χ4n) is 1.30. The van der Waals surface area contributed by atoms with Crippen LogP contribution >= 0.6 is 0 Å². The highest BCUT2D eigenvalue weighted by molar-refractivity contribution is 5.85. The number of terminal acetylenes is 1. The van der Waals surface area contributed by atoms with E-state index in [2.05, 4.69) is 5.92 Å². The van der Waals surface area contributed by atoms with Gasteiger partial charge in [-0.05, 0) is 30.7 Å². The summed E-state index contributed by atoms with van der Waals surface area (Å²) in [5.74, 6) is 1.37. The fourth-order valence-corrected chi connectivity index (χ4v) is 1.30. The second-order valence-electron chi connectivity index (χ2n) is 3.51. The molecular weight excluding hydrogens is 235 g/mol. The third-order valence-corrected chi connectivity index (χ3v) is 2.10. The van der Waals surface area contributed by atoms with E-state index in [-0.39, 0.29) is 0 Å². The molecule has 1 aromatic carbocycles. The van der Waals surface area contributed by atoms with Gasteiger partial charge in [0.1, 0.15) is 11.6 Å². The highest BCUT2D eigenvalue weighted by Gasteiger charge is 2.03. The van der Waals surface area contributed by atoms with Gasteiger partial charge in [0.25, 0.3) is 0 Å². The van der Waals surface area contributed by atoms with Gasteiger partial charge in [0.05, 0.1) is 6.61 Å². The van der Waals surface area contributed by atoms with E-state index in [0.717, 1.165) is 6.08 Å². The number of carbonyl (C=O) groups is 1. The Labute approximate surface area is 105 Å². The molecule has 0 saturated carbocycles. The Hall–Kier alpha value is -2.28. The summed E-state index contributed by atoms with van der Waals surface area (Å²) in [7, 11) is 0. The summed E-state index contributed by atoms with van der Waals surface area (Å²) >= 11 is 0. The van der Waals surface area contributed by atoms with Crippen molar-refractivity contribution in [3.8, 4) is 18.1 Å². The number of aliphatic carboxylic acids is 1. The van der Waals surface area contributed by atoms with E-state index in [9.17, 15) is 9.18 Å². The molecule has 0 bridgehead atoms. The van der Waals surface area contributed by atoms with Gasteiger partial charge in [-0.1, -0.05) is 0 Å². The number of benzene rings is 1. The molecule has 0 aromatic heterocycles. The summed E-state index contributed by atoms with van der Waals surface area (Å²) in [6, 6.07) is 3.94. The van der Waals surface area contributed by atoms with E-state index in [1.165, 1.54) is 24.3 Å². The molecular formula is C14H13FO3. The normalized spacial score (nSPS) is 10.2. The lowest BCUT2D eigenvalue weighted by molar-refractivity contribution is -0.131. The number of hydrogen-bond donors (Lipinski definition) is 1. The van der Waals surface area contributed by atoms with Crippen molar-refractivity contribution in [3.05, 3.63) is 35.7 Å². The van der Waals surface area contributed by atoms with Gasteiger partial charge < -0.3 is 9.84 Å². The van der Waals surface area contributed by atoms with Crippen LogP contribution in [0.5, 0.6) is 5.75 Å². The number of unbranched alkanes of at least 4 members (excludes halogenated alkanes) is 1. The molecule has 0 amide bonds. The minimum Gasteiger partial charge on any atom is -0.493 e. The van der Waals surface area contributed by atoms with Crippen LogP contribution in [0, 0.1) is 18.2 Å². The lowest BCUT2D eigenvalue weighted by Gasteiger charge is -2.08. The molecule has 4 heteroatoms. The molecule has 18 heavy (non-hydrogen) atoms. The fraction of sp³-hybridized carbons (Fsp3) is 0.214. The molecule has 0 radical (unpaired) electrons. The van der Waals surface area contributed by atoms with E-state index < -0.39 is 11.8 Å². The first-order valence-electron chi connectivity index (χ1n) is 5.40. The van der Waals surface area contributed by atoms with Crippen molar-refractivity contribution in [3.63, 3.8) is 0 Å². The third kappa shape index (κ3) is 4.71. The molecule has 0 aliphatic heterocycles. The highest BCUT2D eigenvalue weighted by atomic mass is 19.1. The summed E-state index contributed by atoms with van der Waals surface area (Å²) in [6.45, 7) is 0.406. The number of carboxylic acid groups (broad SMARTS) is 1. The lowest BCUT2D eigenvalue weighted by atomic mass is 10.2. The number of carboxylic acids is 1. The lowest BCUT2D eigenvalue weighted by Crippen LogP contribution is -1.99. The smallest absolute Gasteiger partial charge is 0.328 e. The zero-order valence-corrected chi connectivity index (χ0v) is 9.73. The summed E-state index contributed by atoms with van der Waals surface area (Å²) in [5.41, 5.74) is 0.387. The van der Waals surface area contributed by atoms with Crippen molar-refractivity contribution in [2.24, 2.45) is 0 Å². The molecule has 0 saturated heterocycles. The largest absolute Gasteiger partial charge is 0.493 e. The van der Waals surface area contributed by atoms with Crippen LogP contribution < -0.4 is 4.74 Å².